The number of carbonyl (C=O) groups excluding carboxylic acids is 2. The van der Waals surface area contributed by atoms with E-state index >= 15 is 0 Å². The predicted molar refractivity (Wildman–Crippen MR) is 139 cm³/mol. The number of ether oxygens (including phenoxy) is 1. The van der Waals surface area contributed by atoms with Crippen molar-refractivity contribution < 1.29 is 22.7 Å². The molecule has 1 unspecified atom stereocenters. The number of aryl methyl sites for hydroxylation is 2. The van der Waals surface area contributed by atoms with Gasteiger partial charge in [0.25, 0.3) is 0 Å². The van der Waals surface area contributed by atoms with Crippen LogP contribution in [0.1, 0.15) is 43.4 Å². The van der Waals surface area contributed by atoms with E-state index in [-0.39, 0.29) is 12.5 Å². The summed E-state index contributed by atoms with van der Waals surface area (Å²) in [4.78, 5) is 27.8. The van der Waals surface area contributed by atoms with E-state index in [9.17, 15) is 18.0 Å². The molecule has 0 aliphatic carbocycles. The van der Waals surface area contributed by atoms with Crippen molar-refractivity contribution >= 4 is 27.5 Å². The number of carbonyl (C=O) groups is 2. The molecule has 2 aromatic rings. The van der Waals surface area contributed by atoms with Gasteiger partial charge in [0.15, 0.2) is 0 Å². The third kappa shape index (κ3) is 7.99. The average Bonchev–Trinajstić information content (AvgIpc) is 2.81. The fourth-order valence-electron chi connectivity index (χ4n) is 3.58. The number of methoxy groups -OCH3 is 1. The largest absolute Gasteiger partial charge is 0.497 e. The molecule has 0 radical (unpaired) electrons. The van der Waals surface area contributed by atoms with Gasteiger partial charge < -0.3 is 15.0 Å². The molecule has 2 aromatic carbocycles. The summed E-state index contributed by atoms with van der Waals surface area (Å²) in [5.74, 6) is -0.135. The summed E-state index contributed by atoms with van der Waals surface area (Å²) in [5, 5.41) is 2.87. The lowest BCUT2D eigenvalue weighted by atomic mass is 10.1. The number of anilines is 1. The molecule has 8 nitrogen and oxygen atoms in total. The normalized spacial score (nSPS) is 12.1. The van der Waals surface area contributed by atoms with E-state index in [1.807, 2.05) is 32.9 Å². The lowest BCUT2D eigenvalue weighted by Gasteiger charge is -2.31. The Kier molecular flexibility index (Phi) is 10.1. The Hall–Kier alpha value is -3.07. The zero-order valence-electron chi connectivity index (χ0n) is 21.5. The molecule has 0 fully saturated rings. The van der Waals surface area contributed by atoms with Crippen LogP contribution in [-0.2, 0) is 26.2 Å². The number of hydrogen-bond donors (Lipinski definition) is 1. The van der Waals surface area contributed by atoms with Gasteiger partial charge in [-0.2, -0.15) is 0 Å². The second kappa shape index (κ2) is 12.6. The van der Waals surface area contributed by atoms with Crippen LogP contribution in [0.5, 0.6) is 5.75 Å². The topological polar surface area (TPSA) is 96.0 Å². The SMILES string of the molecule is CCCCNC(=O)C(C)N(Cc1cccc(OC)c1)C(=O)CN(c1ccc(C)c(C)c1)S(C)(=O)=O. The van der Waals surface area contributed by atoms with Gasteiger partial charge in [0.1, 0.15) is 18.3 Å². The molecular formula is C26H37N3O5S. The minimum Gasteiger partial charge on any atom is -0.497 e. The van der Waals surface area contributed by atoms with Crippen LogP contribution in [0, 0.1) is 13.8 Å². The van der Waals surface area contributed by atoms with E-state index in [1.54, 1.807) is 44.4 Å². The highest BCUT2D eigenvalue weighted by Gasteiger charge is 2.30. The molecule has 35 heavy (non-hydrogen) atoms. The quantitative estimate of drug-likeness (QED) is 0.448. The van der Waals surface area contributed by atoms with Gasteiger partial charge in [0.2, 0.25) is 21.8 Å². The first-order chi connectivity index (χ1) is 16.5. The fraction of sp³-hybridized carbons (Fsp3) is 0.462. The van der Waals surface area contributed by atoms with E-state index in [1.165, 1.54) is 4.90 Å². The Morgan fingerprint density at radius 1 is 1.09 bits per heavy atom. The average molecular weight is 504 g/mol. The molecule has 2 amide bonds. The molecule has 1 atom stereocenters. The third-order valence-electron chi connectivity index (χ3n) is 5.94. The van der Waals surface area contributed by atoms with Crippen molar-refractivity contribution in [3.8, 4) is 5.75 Å². The molecule has 0 aliphatic rings. The maximum Gasteiger partial charge on any atom is 0.244 e. The molecule has 0 saturated heterocycles. The van der Waals surface area contributed by atoms with Crippen molar-refractivity contribution in [2.75, 3.05) is 30.8 Å². The third-order valence-corrected chi connectivity index (χ3v) is 7.08. The first-order valence-corrected chi connectivity index (χ1v) is 13.6. The summed E-state index contributed by atoms with van der Waals surface area (Å²) in [6.45, 7) is 7.73. The highest BCUT2D eigenvalue weighted by molar-refractivity contribution is 7.92. The number of rotatable bonds is 12. The van der Waals surface area contributed by atoms with Gasteiger partial charge in [-0.15, -0.1) is 0 Å². The summed E-state index contributed by atoms with van der Waals surface area (Å²) >= 11 is 0. The smallest absolute Gasteiger partial charge is 0.244 e. The van der Waals surface area contributed by atoms with Crippen molar-refractivity contribution in [2.24, 2.45) is 0 Å². The first-order valence-electron chi connectivity index (χ1n) is 11.7. The number of nitrogens with one attached hydrogen (secondary N) is 1. The fourth-order valence-corrected chi connectivity index (χ4v) is 4.42. The molecule has 0 aromatic heterocycles. The van der Waals surface area contributed by atoms with Crippen LogP contribution in [-0.4, -0.2) is 57.6 Å². The second-order valence-electron chi connectivity index (χ2n) is 8.73. The summed E-state index contributed by atoms with van der Waals surface area (Å²) in [5.41, 5.74) is 3.11. The number of unbranched alkanes of at least 4 members (excludes halogenated alkanes) is 1. The Balaban J connectivity index is 2.38. The monoisotopic (exact) mass is 503 g/mol. The van der Waals surface area contributed by atoms with Gasteiger partial charge in [-0.05, 0) is 68.1 Å². The Bertz CT molecular complexity index is 1130. The van der Waals surface area contributed by atoms with E-state index in [4.69, 9.17) is 4.74 Å². The van der Waals surface area contributed by atoms with Gasteiger partial charge in [-0.25, -0.2) is 8.42 Å². The van der Waals surface area contributed by atoms with Crippen molar-refractivity contribution in [3.63, 3.8) is 0 Å². The second-order valence-corrected chi connectivity index (χ2v) is 10.6. The minimum absolute atomic E-state index is 0.128. The van der Waals surface area contributed by atoms with Crippen LogP contribution in [0.3, 0.4) is 0 Å². The summed E-state index contributed by atoms with van der Waals surface area (Å²) in [6, 6.07) is 11.7. The zero-order chi connectivity index (χ0) is 26.2. The molecule has 0 bridgehead atoms. The maximum absolute atomic E-state index is 13.6. The van der Waals surface area contributed by atoms with Crippen molar-refractivity contribution in [3.05, 3.63) is 59.2 Å². The maximum atomic E-state index is 13.6. The van der Waals surface area contributed by atoms with Gasteiger partial charge >= 0.3 is 0 Å². The van der Waals surface area contributed by atoms with Gasteiger partial charge in [0, 0.05) is 13.1 Å². The molecule has 1 N–H and O–H groups in total. The van der Waals surface area contributed by atoms with Crippen LogP contribution >= 0.6 is 0 Å². The zero-order valence-corrected chi connectivity index (χ0v) is 22.3. The molecular weight excluding hydrogens is 466 g/mol. The number of nitrogens with zero attached hydrogens (tertiary/aromatic N) is 2. The van der Waals surface area contributed by atoms with Crippen LogP contribution in [0.25, 0.3) is 0 Å². The number of amides is 2. The predicted octanol–water partition coefficient (Wildman–Crippen LogP) is 3.41. The number of benzene rings is 2. The summed E-state index contributed by atoms with van der Waals surface area (Å²) in [6.07, 6.45) is 2.83. The highest BCUT2D eigenvalue weighted by atomic mass is 32.2. The van der Waals surface area contributed by atoms with E-state index in [0.717, 1.165) is 40.1 Å². The molecule has 0 aliphatic heterocycles. The lowest BCUT2D eigenvalue weighted by Crippen LogP contribution is -2.51. The molecule has 2 rings (SSSR count). The van der Waals surface area contributed by atoms with Crippen molar-refractivity contribution in [2.45, 2.75) is 53.1 Å². The highest BCUT2D eigenvalue weighted by Crippen LogP contribution is 2.22. The molecule has 9 heteroatoms. The minimum atomic E-state index is -3.76. The first kappa shape index (κ1) is 28.2. The van der Waals surface area contributed by atoms with Crippen LogP contribution in [0.2, 0.25) is 0 Å². The van der Waals surface area contributed by atoms with Crippen molar-refractivity contribution in [1.82, 2.24) is 10.2 Å². The van der Waals surface area contributed by atoms with Crippen molar-refractivity contribution in [1.29, 1.82) is 0 Å². The molecule has 192 valence electrons. The molecule has 0 spiro atoms. The Labute approximate surface area is 209 Å². The van der Waals surface area contributed by atoms with Crippen LogP contribution in [0.4, 0.5) is 5.69 Å². The Morgan fingerprint density at radius 3 is 2.40 bits per heavy atom. The summed E-state index contributed by atoms with van der Waals surface area (Å²) < 4.78 is 31.7. The van der Waals surface area contributed by atoms with Gasteiger partial charge in [-0.3, -0.25) is 13.9 Å². The van der Waals surface area contributed by atoms with E-state index < -0.39 is 28.5 Å². The Morgan fingerprint density at radius 2 is 1.80 bits per heavy atom. The lowest BCUT2D eigenvalue weighted by molar-refractivity contribution is -0.139. The van der Waals surface area contributed by atoms with Gasteiger partial charge in [0.05, 0.1) is 19.1 Å². The van der Waals surface area contributed by atoms with E-state index in [0.29, 0.717) is 18.0 Å². The molecule has 0 heterocycles. The molecule has 0 saturated carbocycles. The number of hydrogen-bond acceptors (Lipinski definition) is 5. The number of sulfonamides is 1. The van der Waals surface area contributed by atoms with E-state index in [2.05, 4.69) is 5.32 Å². The van der Waals surface area contributed by atoms with Gasteiger partial charge in [-0.1, -0.05) is 31.5 Å². The van der Waals surface area contributed by atoms with Crippen LogP contribution in [0.15, 0.2) is 42.5 Å². The summed E-state index contributed by atoms with van der Waals surface area (Å²) in [7, 11) is -2.20. The van der Waals surface area contributed by atoms with Crippen LogP contribution < -0.4 is 14.4 Å². The standard InChI is InChI=1S/C26H37N3O5S/c1-7-8-14-27-26(31)21(4)28(17-22-10-9-11-24(16-22)34-5)25(30)18-29(35(6,32)33)23-13-12-19(2)20(3)15-23/h9-13,15-16,21H,7-8,14,17-18H2,1-6H3,(H,27,31).